The zero-order valence-corrected chi connectivity index (χ0v) is 16.6. The van der Waals surface area contributed by atoms with Crippen LogP contribution in [0.1, 0.15) is 23.2 Å². The number of allylic oxidation sites excluding steroid dienone is 1. The molecular weight excluding hydrogens is 358 g/mol. The molecule has 5 nitrogen and oxygen atoms in total. The van der Waals surface area contributed by atoms with Gasteiger partial charge in [0.25, 0.3) is 0 Å². The monoisotopic (exact) mass is 383 g/mol. The maximum Gasteiger partial charge on any atom is 0.126 e. The molecule has 0 saturated carbocycles. The Morgan fingerprint density at radius 1 is 1.17 bits per heavy atom. The second-order valence-electron chi connectivity index (χ2n) is 7.17. The van der Waals surface area contributed by atoms with Gasteiger partial charge in [0, 0.05) is 68.4 Å². The van der Waals surface area contributed by atoms with Gasteiger partial charge in [0.05, 0.1) is 0 Å². The Kier molecular flexibility index (Phi) is 5.77. The Morgan fingerprint density at radius 2 is 2.07 bits per heavy atom. The van der Waals surface area contributed by atoms with Crippen LogP contribution in [-0.2, 0) is 6.42 Å². The minimum atomic E-state index is 0.664. The highest BCUT2D eigenvalue weighted by molar-refractivity contribution is 5.90. The largest absolute Gasteiger partial charge is 0.373 e. The van der Waals surface area contributed by atoms with Crippen molar-refractivity contribution in [2.24, 2.45) is 4.99 Å². The number of nitrogens with one attached hydrogen (secondary N) is 2. The van der Waals surface area contributed by atoms with E-state index >= 15 is 0 Å². The maximum absolute atomic E-state index is 4.30. The molecule has 2 aromatic heterocycles. The van der Waals surface area contributed by atoms with Crippen LogP contribution in [-0.4, -0.2) is 35.8 Å². The van der Waals surface area contributed by atoms with E-state index in [4.69, 9.17) is 0 Å². The van der Waals surface area contributed by atoms with E-state index < -0.39 is 0 Å². The van der Waals surface area contributed by atoms with Crippen molar-refractivity contribution in [3.05, 3.63) is 78.4 Å². The summed E-state index contributed by atoms with van der Waals surface area (Å²) < 4.78 is 0. The molecule has 0 amide bonds. The molecule has 0 spiro atoms. The average molecular weight is 383 g/mol. The van der Waals surface area contributed by atoms with Gasteiger partial charge in [-0.05, 0) is 46.4 Å². The standard InChI is InChI=1S/C14H13N3.C10H12N2/c1-15-14-7-13-6-10(12-4-5-16-8-12)2-3-11(13)9-17-14;1-2-8-3-4-11-9(5-8)6-10-7-12-10/h2-3,5-9H,4H2,1H3,(H,15,17);2-5,10,12H,1,6-7H2. The predicted octanol–water partition coefficient (Wildman–Crippen LogP) is 4.33. The lowest BCUT2D eigenvalue weighted by Gasteiger charge is -2.05. The van der Waals surface area contributed by atoms with Crippen LogP contribution in [0.5, 0.6) is 0 Å². The van der Waals surface area contributed by atoms with E-state index in [0.29, 0.717) is 6.04 Å². The number of pyridine rings is 2. The van der Waals surface area contributed by atoms with E-state index in [1.807, 2.05) is 44.0 Å². The van der Waals surface area contributed by atoms with E-state index in [1.165, 1.54) is 16.5 Å². The van der Waals surface area contributed by atoms with Crippen molar-refractivity contribution in [2.45, 2.75) is 18.9 Å². The molecule has 1 fully saturated rings. The summed E-state index contributed by atoms with van der Waals surface area (Å²) in [5, 5.41) is 8.68. The number of nitrogens with zero attached hydrogens (tertiary/aromatic N) is 3. The number of fused-ring (bicyclic) bond motifs is 1. The van der Waals surface area contributed by atoms with Crippen molar-refractivity contribution >= 4 is 34.5 Å². The van der Waals surface area contributed by atoms with Crippen LogP contribution in [0.2, 0.25) is 0 Å². The molecule has 2 N–H and O–H groups in total. The lowest BCUT2D eigenvalue weighted by molar-refractivity contribution is 0.889. The van der Waals surface area contributed by atoms with Gasteiger partial charge >= 0.3 is 0 Å². The highest BCUT2D eigenvalue weighted by atomic mass is 15.1. The molecule has 1 saturated heterocycles. The topological polar surface area (TPSA) is 72.1 Å². The minimum absolute atomic E-state index is 0.664. The molecule has 4 heterocycles. The third-order valence-electron chi connectivity index (χ3n) is 5.02. The number of anilines is 1. The van der Waals surface area contributed by atoms with Gasteiger partial charge in [0.1, 0.15) is 5.82 Å². The molecule has 1 atom stereocenters. The second-order valence-corrected chi connectivity index (χ2v) is 7.17. The predicted molar refractivity (Wildman–Crippen MR) is 122 cm³/mol. The molecule has 2 aliphatic heterocycles. The lowest BCUT2D eigenvalue weighted by atomic mass is 10.0. The zero-order chi connectivity index (χ0) is 20.1. The number of hydrogen-bond donors (Lipinski definition) is 2. The van der Waals surface area contributed by atoms with Crippen LogP contribution >= 0.6 is 0 Å². The minimum Gasteiger partial charge on any atom is -0.373 e. The third-order valence-corrected chi connectivity index (χ3v) is 5.02. The van der Waals surface area contributed by atoms with Crippen LogP contribution in [0.15, 0.2) is 66.6 Å². The molecule has 1 unspecified atom stereocenters. The van der Waals surface area contributed by atoms with Crippen LogP contribution in [0.25, 0.3) is 22.4 Å². The Labute approximate surface area is 171 Å². The van der Waals surface area contributed by atoms with Crippen molar-refractivity contribution < 1.29 is 0 Å². The summed E-state index contributed by atoms with van der Waals surface area (Å²) in [6.07, 6.45) is 11.4. The average Bonchev–Trinajstić information content (AvgIpc) is 3.41. The quantitative estimate of drug-likeness (QED) is 0.643. The van der Waals surface area contributed by atoms with E-state index in [-0.39, 0.29) is 0 Å². The maximum atomic E-state index is 4.30. The summed E-state index contributed by atoms with van der Waals surface area (Å²) >= 11 is 0. The summed E-state index contributed by atoms with van der Waals surface area (Å²) in [4.78, 5) is 12.7. The van der Waals surface area contributed by atoms with Gasteiger partial charge in [0.2, 0.25) is 0 Å². The van der Waals surface area contributed by atoms with E-state index in [1.54, 1.807) is 0 Å². The van der Waals surface area contributed by atoms with Crippen LogP contribution in [0, 0.1) is 0 Å². The van der Waals surface area contributed by atoms with E-state index in [0.717, 1.165) is 41.8 Å². The number of aromatic nitrogens is 2. The molecule has 3 aromatic rings. The van der Waals surface area contributed by atoms with Gasteiger partial charge < -0.3 is 10.6 Å². The zero-order valence-electron chi connectivity index (χ0n) is 16.6. The Morgan fingerprint density at radius 3 is 2.79 bits per heavy atom. The second kappa shape index (κ2) is 8.80. The highest BCUT2D eigenvalue weighted by Gasteiger charge is 2.20. The Balaban J connectivity index is 0.000000150. The van der Waals surface area contributed by atoms with Crippen molar-refractivity contribution in [1.82, 2.24) is 15.3 Å². The number of benzene rings is 1. The number of rotatable bonds is 5. The summed E-state index contributed by atoms with van der Waals surface area (Å²) in [6, 6.07) is 13.2. The van der Waals surface area contributed by atoms with Crippen molar-refractivity contribution in [3.8, 4) is 0 Å². The summed E-state index contributed by atoms with van der Waals surface area (Å²) in [5.74, 6) is 0.895. The first kappa shape index (κ1) is 19.0. The fourth-order valence-electron chi connectivity index (χ4n) is 3.23. The van der Waals surface area contributed by atoms with Gasteiger partial charge in [-0.25, -0.2) is 4.98 Å². The summed E-state index contributed by atoms with van der Waals surface area (Å²) in [5.41, 5.74) is 4.82. The Hall–Kier alpha value is -3.31. The first-order valence-corrected chi connectivity index (χ1v) is 9.84. The third kappa shape index (κ3) is 4.95. The summed E-state index contributed by atoms with van der Waals surface area (Å²) in [6.45, 7) is 4.86. The molecule has 0 bridgehead atoms. The smallest absolute Gasteiger partial charge is 0.126 e. The molecule has 5 rings (SSSR count). The molecule has 146 valence electrons. The van der Waals surface area contributed by atoms with Crippen molar-refractivity contribution in [2.75, 3.05) is 18.9 Å². The fraction of sp³-hybridized carbons (Fsp3) is 0.208. The molecule has 5 heteroatoms. The van der Waals surface area contributed by atoms with Crippen LogP contribution < -0.4 is 10.6 Å². The van der Waals surface area contributed by atoms with Crippen molar-refractivity contribution in [3.63, 3.8) is 0 Å². The normalized spacial score (nSPS) is 16.7. The van der Waals surface area contributed by atoms with Gasteiger partial charge in [-0.15, -0.1) is 0 Å². The number of hydrogen-bond acceptors (Lipinski definition) is 5. The van der Waals surface area contributed by atoms with Gasteiger partial charge in [0.15, 0.2) is 0 Å². The Bertz CT molecular complexity index is 1080. The molecule has 1 aromatic carbocycles. The lowest BCUT2D eigenvalue weighted by Crippen LogP contribution is -1.99. The molecule has 0 aliphatic carbocycles. The highest BCUT2D eigenvalue weighted by Crippen LogP contribution is 2.25. The fourth-order valence-corrected chi connectivity index (χ4v) is 3.23. The molecule has 2 aliphatic rings. The van der Waals surface area contributed by atoms with Crippen LogP contribution in [0.3, 0.4) is 0 Å². The first-order valence-electron chi connectivity index (χ1n) is 9.84. The SMILES string of the molecule is C=Cc1ccnc(CC2CN2)c1.CNc1cc2cc(C3=CN=CC3)ccc2cn1. The van der Waals surface area contributed by atoms with Gasteiger partial charge in [-0.1, -0.05) is 24.8 Å². The summed E-state index contributed by atoms with van der Waals surface area (Å²) in [7, 11) is 1.88. The van der Waals surface area contributed by atoms with E-state index in [9.17, 15) is 0 Å². The molecule has 29 heavy (non-hydrogen) atoms. The number of aliphatic imine (C=N–C) groups is 1. The van der Waals surface area contributed by atoms with E-state index in [2.05, 4.69) is 62.5 Å². The van der Waals surface area contributed by atoms with Gasteiger partial charge in [-0.2, -0.15) is 0 Å². The van der Waals surface area contributed by atoms with Crippen molar-refractivity contribution in [1.29, 1.82) is 0 Å². The molecular formula is C24H25N5. The van der Waals surface area contributed by atoms with Crippen LogP contribution in [0.4, 0.5) is 5.82 Å². The first-order chi connectivity index (χ1) is 14.2. The molecule has 0 radical (unpaired) electrons. The van der Waals surface area contributed by atoms with Gasteiger partial charge in [-0.3, -0.25) is 9.98 Å².